The van der Waals surface area contributed by atoms with Gasteiger partial charge in [-0.25, -0.2) is 4.79 Å². The Hall–Kier alpha value is -2.41. The molecule has 0 saturated carbocycles. The lowest BCUT2D eigenvalue weighted by molar-refractivity contribution is -0.148. The smallest absolute Gasteiger partial charge is 0.328 e. The van der Waals surface area contributed by atoms with Crippen molar-refractivity contribution in [3.05, 3.63) is 35.9 Å². The second-order valence-corrected chi connectivity index (χ2v) is 4.73. The zero-order chi connectivity index (χ0) is 17.2. The minimum Gasteiger partial charge on any atom is -0.469 e. The summed E-state index contributed by atoms with van der Waals surface area (Å²) < 4.78 is 14.4. The van der Waals surface area contributed by atoms with Crippen LogP contribution in [0.5, 0.6) is 0 Å². The summed E-state index contributed by atoms with van der Waals surface area (Å²) in [6.07, 6.45) is -0.794. The van der Waals surface area contributed by atoms with Gasteiger partial charge in [-0.1, -0.05) is 30.3 Å². The average Bonchev–Trinajstić information content (AvgIpc) is 2.59. The molecule has 0 saturated heterocycles. The van der Waals surface area contributed by atoms with Crippen LogP contribution in [0.4, 0.5) is 0 Å². The molecule has 0 aliphatic heterocycles. The Morgan fingerprint density at radius 1 is 1.04 bits per heavy atom. The summed E-state index contributed by atoms with van der Waals surface area (Å²) in [6.45, 7) is 0. The molecule has 126 valence electrons. The third-order valence-corrected chi connectivity index (χ3v) is 3.24. The number of nitrogens with one attached hydrogen (secondary N) is 1. The van der Waals surface area contributed by atoms with Gasteiger partial charge in [0.25, 0.3) is 5.91 Å². The first-order valence-corrected chi connectivity index (χ1v) is 7.06. The molecule has 23 heavy (non-hydrogen) atoms. The first-order chi connectivity index (χ1) is 11.0. The first-order valence-electron chi connectivity index (χ1n) is 7.06. The van der Waals surface area contributed by atoms with Gasteiger partial charge in [-0.15, -0.1) is 0 Å². The fourth-order valence-corrected chi connectivity index (χ4v) is 2.03. The zero-order valence-corrected chi connectivity index (χ0v) is 13.4. The van der Waals surface area contributed by atoms with E-state index in [0.29, 0.717) is 5.56 Å². The lowest BCUT2D eigenvalue weighted by Crippen LogP contribution is -2.44. The van der Waals surface area contributed by atoms with Crippen LogP contribution in [0.3, 0.4) is 0 Å². The van der Waals surface area contributed by atoms with Crippen LogP contribution in [0, 0.1) is 0 Å². The van der Waals surface area contributed by atoms with Crippen molar-refractivity contribution in [3.63, 3.8) is 0 Å². The van der Waals surface area contributed by atoms with Gasteiger partial charge in [-0.05, 0) is 12.0 Å². The van der Waals surface area contributed by atoms with Crippen LogP contribution in [0.2, 0.25) is 0 Å². The summed E-state index contributed by atoms with van der Waals surface area (Å²) in [5, 5.41) is 2.55. The van der Waals surface area contributed by atoms with E-state index >= 15 is 0 Å². The van der Waals surface area contributed by atoms with Crippen LogP contribution in [-0.2, 0) is 28.6 Å². The van der Waals surface area contributed by atoms with E-state index < -0.39 is 30.0 Å². The molecule has 0 bridgehead atoms. The van der Waals surface area contributed by atoms with E-state index in [-0.39, 0.29) is 12.8 Å². The number of amides is 1. The first kappa shape index (κ1) is 18.6. The number of hydrogen-bond donors (Lipinski definition) is 1. The molecule has 0 unspecified atom stereocenters. The van der Waals surface area contributed by atoms with Crippen LogP contribution in [0.15, 0.2) is 30.3 Å². The average molecular weight is 323 g/mol. The van der Waals surface area contributed by atoms with Gasteiger partial charge in [0.15, 0.2) is 6.10 Å². The van der Waals surface area contributed by atoms with Crippen LogP contribution in [-0.4, -0.2) is 45.2 Å². The Balaban J connectivity index is 2.78. The Morgan fingerprint density at radius 2 is 1.70 bits per heavy atom. The maximum absolute atomic E-state index is 12.4. The molecule has 0 aliphatic carbocycles. The molecule has 0 radical (unpaired) electrons. The van der Waals surface area contributed by atoms with Crippen molar-refractivity contribution in [2.45, 2.75) is 25.0 Å². The van der Waals surface area contributed by atoms with Gasteiger partial charge in [-0.2, -0.15) is 0 Å². The third kappa shape index (κ3) is 5.71. The third-order valence-electron chi connectivity index (χ3n) is 3.24. The molecule has 1 rings (SSSR count). The van der Waals surface area contributed by atoms with E-state index in [1.807, 2.05) is 6.07 Å². The predicted molar refractivity (Wildman–Crippen MR) is 81.4 cm³/mol. The summed E-state index contributed by atoms with van der Waals surface area (Å²) in [7, 11) is 3.87. The van der Waals surface area contributed by atoms with E-state index in [1.165, 1.54) is 21.3 Å². The number of ether oxygens (including phenoxy) is 3. The summed E-state index contributed by atoms with van der Waals surface area (Å²) >= 11 is 0. The maximum Gasteiger partial charge on any atom is 0.328 e. The van der Waals surface area contributed by atoms with Gasteiger partial charge in [0.2, 0.25) is 0 Å². The van der Waals surface area contributed by atoms with Crippen LogP contribution < -0.4 is 5.32 Å². The number of carbonyl (C=O) groups excluding carboxylic acids is 3. The molecule has 1 aromatic rings. The van der Waals surface area contributed by atoms with Crippen molar-refractivity contribution in [1.29, 1.82) is 0 Å². The van der Waals surface area contributed by atoms with E-state index in [9.17, 15) is 14.4 Å². The fourth-order valence-electron chi connectivity index (χ4n) is 2.03. The molecule has 7 heteroatoms. The number of rotatable bonds is 8. The zero-order valence-electron chi connectivity index (χ0n) is 13.4. The van der Waals surface area contributed by atoms with Gasteiger partial charge in [0.1, 0.15) is 6.04 Å². The Morgan fingerprint density at radius 3 is 2.22 bits per heavy atom. The molecule has 0 aromatic heterocycles. The molecule has 2 atom stereocenters. The van der Waals surface area contributed by atoms with Crippen molar-refractivity contribution >= 4 is 17.8 Å². The maximum atomic E-state index is 12.4. The predicted octanol–water partition coefficient (Wildman–Crippen LogP) is 0.985. The highest BCUT2D eigenvalue weighted by molar-refractivity contribution is 5.88. The van der Waals surface area contributed by atoms with Crippen molar-refractivity contribution in [3.8, 4) is 0 Å². The van der Waals surface area contributed by atoms with Gasteiger partial charge in [-0.3, -0.25) is 9.59 Å². The number of methoxy groups -OCH3 is 3. The Kier molecular flexibility index (Phi) is 7.76. The van der Waals surface area contributed by atoms with E-state index in [1.54, 1.807) is 24.3 Å². The highest BCUT2D eigenvalue weighted by Crippen LogP contribution is 2.17. The molecule has 1 N–H and O–H groups in total. The monoisotopic (exact) mass is 323 g/mol. The summed E-state index contributed by atoms with van der Waals surface area (Å²) in [5.74, 6) is -1.59. The van der Waals surface area contributed by atoms with E-state index in [4.69, 9.17) is 4.74 Å². The lowest BCUT2D eigenvalue weighted by atomic mass is 10.1. The number of benzene rings is 1. The molecule has 1 amide bonds. The fraction of sp³-hybridized carbons (Fsp3) is 0.438. The molecule has 0 aliphatic rings. The summed E-state index contributed by atoms with van der Waals surface area (Å²) in [6, 6.07) is 7.92. The highest BCUT2D eigenvalue weighted by atomic mass is 16.5. The molecular formula is C16H21NO6. The van der Waals surface area contributed by atoms with Crippen molar-refractivity contribution in [2.24, 2.45) is 0 Å². The lowest BCUT2D eigenvalue weighted by Gasteiger charge is -2.20. The van der Waals surface area contributed by atoms with E-state index in [2.05, 4.69) is 14.8 Å². The molecule has 7 nitrogen and oxygen atoms in total. The largest absolute Gasteiger partial charge is 0.469 e. The van der Waals surface area contributed by atoms with Crippen molar-refractivity contribution in [2.75, 3.05) is 21.3 Å². The minimum atomic E-state index is -0.951. The van der Waals surface area contributed by atoms with E-state index in [0.717, 1.165) is 0 Å². The normalized spacial score (nSPS) is 12.8. The number of hydrogen-bond acceptors (Lipinski definition) is 6. The Bertz CT molecular complexity index is 531. The minimum absolute atomic E-state index is 0.0144. The second kappa shape index (κ2) is 9.58. The van der Waals surface area contributed by atoms with Gasteiger partial charge >= 0.3 is 11.9 Å². The second-order valence-electron chi connectivity index (χ2n) is 4.73. The van der Waals surface area contributed by atoms with Gasteiger partial charge in [0.05, 0.1) is 14.2 Å². The van der Waals surface area contributed by atoms with Crippen LogP contribution >= 0.6 is 0 Å². The number of carbonyl (C=O) groups is 3. The topological polar surface area (TPSA) is 90.9 Å². The SMILES string of the molecule is COC(=O)CC[C@@H](NC(=O)[C@@H](OC)c1ccccc1)C(=O)OC. The van der Waals surface area contributed by atoms with Gasteiger partial charge in [0, 0.05) is 13.5 Å². The Labute approximate surface area is 134 Å². The molecule has 0 spiro atoms. The van der Waals surface area contributed by atoms with Crippen molar-refractivity contribution < 1.29 is 28.6 Å². The molecule has 0 heterocycles. The van der Waals surface area contributed by atoms with Gasteiger partial charge < -0.3 is 19.5 Å². The highest BCUT2D eigenvalue weighted by Gasteiger charge is 2.27. The molecule has 1 aromatic carbocycles. The van der Waals surface area contributed by atoms with Crippen LogP contribution in [0.25, 0.3) is 0 Å². The summed E-state index contributed by atoms with van der Waals surface area (Å²) in [5.41, 5.74) is 0.657. The number of esters is 2. The standard InChI is InChI=1S/C16H21NO6/c1-21-13(18)10-9-12(16(20)23-3)17-15(19)14(22-2)11-7-5-4-6-8-11/h4-8,12,14H,9-10H2,1-3H3,(H,17,19)/t12-,14+/m1/s1. The van der Waals surface area contributed by atoms with Crippen molar-refractivity contribution in [1.82, 2.24) is 5.32 Å². The quantitative estimate of drug-likeness (QED) is 0.717. The molecule has 0 fully saturated rings. The summed E-state index contributed by atoms with van der Waals surface area (Å²) in [4.78, 5) is 35.3. The molecular weight excluding hydrogens is 302 g/mol. The van der Waals surface area contributed by atoms with Crippen LogP contribution in [0.1, 0.15) is 24.5 Å².